The lowest BCUT2D eigenvalue weighted by Gasteiger charge is -2.24. The van der Waals surface area contributed by atoms with Crippen LogP contribution >= 0.6 is 0 Å². The van der Waals surface area contributed by atoms with Crippen molar-refractivity contribution in [3.63, 3.8) is 0 Å². The fraction of sp³-hybridized carbons (Fsp3) is 0.500. The smallest absolute Gasteiger partial charge is 0.350 e. The Morgan fingerprint density at radius 3 is 3.06 bits per heavy atom. The van der Waals surface area contributed by atoms with E-state index in [1.807, 2.05) is 6.92 Å². The van der Waals surface area contributed by atoms with Crippen LogP contribution in [0, 0.1) is 0 Å². The molecule has 18 heavy (non-hydrogen) atoms. The summed E-state index contributed by atoms with van der Waals surface area (Å²) in [6, 6.07) is 1.13. The summed E-state index contributed by atoms with van der Waals surface area (Å²) < 4.78 is 20.7. The van der Waals surface area contributed by atoms with Crippen molar-refractivity contribution in [1.29, 1.82) is 0 Å². The highest BCUT2D eigenvalue weighted by Gasteiger charge is 2.40. The van der Waals surface area contributed by atoms with Gasteiger partial charge in [0.2, 0.25) is 0 Å². The lowest BCUT2D eigenvalue weighted by Crippen LogP contribution is -2.31. The van der Waals surface area contributed by atoms with E-state index in [9.17, 15) is 9.18 Å². The Morgan fingerprint density at radius 1 is 1.72 bits per heavy atom. The van der Waals surface area contributed by atoms with Crippen LogP contribution in [0.5, 0.6) is 0 Å². The van der Waals surface area contributed by atoms with Crippen molar-refractivity contribution in [2.75, 3.05) is 12.3 Å². The molecular formula is C12H16FN3O2. The van der Waals surface area contributed by atoms with Crippen LogP contribution in [0.25, 0.3) is 0 Å². The molecule has 0 aromatic carbocycles. The fourth-order valence-corrected chi connectivity index (χ4v) is 2.20. The Labute approximate surface area is 104 Å². The van der Waals surface area contributed by atoms with Gasteiger partial charge in [-0.25, -0.2) is 9.18 Å². The second kappa shape index (κ2) is 4.53. The molecular weight excluding hydrogens is 237 g/mol. The first-order valence-corrected chi connectivity index (χ1v) is 5.82. The molecule has 1 heterocycles. The molecule has 0 fully saturated rings. The minimum absolute atomic E-state index is 0.159. The summed E-state index contributed by atoms with van der Waals surface area (Å²) >= 11 is 0. The van der Waals surface area contributed by atoms with Gasteiger partial charge in [-0.15, -0.1) is 0 Å². The molecule has 5 nitrogen and oxygen atoms in total. The van der Waals surface area contributed by atoms with Gasteiger partial charge in [0.1, 0.15) is 17.2 Å². The maximum absolute atomic E-state index is 13.9. The highest BCUT2D eigenvalue weighted by molar-refractivity contribution is 5.25. The van der Waals surface area contributed by atoms with Gasteiger partial charge in [0.25, 0.3) is 0 Å². The number of hydrogen-bond acceptors (Lipinski definition) is 4. The largest absolute Gasteiger partial charge is 0.383 e. The number of nitrogens with zero attached hydrogens (tertiary/aromatic N) is 2. The lowest BCUT2D eigenvalue weighted by atomic mass is 10.0. The van der Waals surface area contributed by atoms with Crippen LogP contribution in [0.4, 0.5) is 10.2 Å². The Hall–Kier alpha value is -1.69. The molecule has 1 aromatic rings. The van der Waals surface area contributed by atoms with Crippen LogP contribution in [-0.2, 0) is 4.74 Å². The number of aromatic nitrogens is 2. The molecule has 98 valence electrons. The van der Waals surface area contributed by atoms with Gasteiger partial charge in [-0.3, -0.25) is 4.57 Å². The number of anilines is 1. The van der Waals surface area contributed by atoms with Gasteiger partial charge in [0.15, 0.2) is 0 Å². The van der Waals surface area contributed by atoms with Crippen LogP contribution in [0.2, 0.25) is 0 Å². The first-order valence-electron chi connectivity index (χ1n) is 5.82. The van der Waals surface area contributed by atoms with Crippen LogP contribution in [-0.4, -0.2) is 21.8 Å². The second-order valence-electron chi connectivity index (χ2n) is 4.49. The Bertz CT molecular complexity index is 540. The quantitative estimate of drug-likeness (QED) is 0.884. The van der Waals surface area contributed by atoms with E-state index in [-0.39, 0.29) is 17.7 Å². The summed E-state index contributed by atoms with van der Waals surface area (Å²) in [4.78, 5) is 15.3. The van der Waals surface area contributed by atoms with Gasteiger partial charge in [0, 0.05) is 19.2 Å². The third kappa shape index (κ3) is 2.15. The predicted molar refractivity (Wildman–Crippen MR) is 65.8 cm³/mol. The standard InChI is InChI=1S/C12H16FN3O2/c1-3-18-12(2)7-8(6-9(12)13)16-5-4-10(14)15-11(16)17/h4-6,8H,3,7H2,1-2H3,(H2,14,15,17)/t8-,12-/m1/s1. The average Bonchev–Trinajstić information content (AvgIpc) is 2.55. The van der Waals surface area contributed by atoms with E-state index in [0.717, 1.165) is 0 Å². The van der Waals surface area contributed by atoms with Crippen molar-refractivity contribution in [2.45, 2.75) is 31.9 Å². The molecule has 0 saturated carbocycles. The van der Waals surface area contributed by atoms with Gasteiger partial charge >= 0.3 is 5.69 Å². The number of hydrogen-bond donors (Lipinski definition) is 1. The summed E-state index contributed by atoms with van der Waals surface area (Å²) in [5.74, 6) is -0.190. The zero-order valence-corrected chi connectivity index (χ0v) is 10.4. The lowest BCUT2D eigenvalue weighted by molar-refractivity contribution is -0.0137. The predicted octanol–water partition coefficient (Wildman–Crippen LogP) is 1.42. The monoisotopic (exact) mass is 253 g/mol. The second-order valence-corrected chi connectivity index (χ2v) is 4.49. The minimum atomic E-state index is -0.958. The van der Waals surface area contributed by atoms with E-state index in [4.69, 9.17) is 10.5 Å². The van der Waals surface area contributed by atoms with Crippen molar-refractivity contribution in [3.05, 3.63) is 34.7 Å². The van der Waals surface area contributed by atoms with E-state index in [1.54, 1.807) is 6.92 Å². The summed E-state index contributed by atoms with van der Waals surface area (Å²) in [5.41, 5.74) is 3.98. The van der Waals surface area contributed by atoms with Gasteiger partial charge in [-0.05, 0) is 26.0 Å². The summed E-state index contributed by atoms with van der Waals surface area (Å²) in [5, 5.41) is 0. The Balaban J connectivity index is 2.31. The van der Waals surface area contributed by atoms with Crippen molar-refractivity contribution in [2.24, 2.45) is 0 Å². The molecule has 0 bridgehead atoms. The highest BCUT2D eigenvalue weighted by atomic mass is 19.1. The molecule has 0 saturated heterocycles. The van der Waals surface area contributed by atoms with E-state index in [2.05, 4.69) is 4.98 Å². The molecule has 1 aromatic heterocycles. The highest BCUT2D eigenvalue weighted by Crippen LogP contribution is 2.39. The first kappa shape index (κ1) is 12.8. The molecule has 0 spiro atoms. The molecule has 0 amide bonds. The number of rotatable bonds is 3. The van der Waals surface area contributed by atoms with Crippen LogP contribution < -0.4 is 11.4 Å². The van der Waals surface area contributed by atoms with Gasteiger partial charge in [0.05, 0.1) is 6.04 Å². The van der Waals surface area contributed by atoms with E-state index < -0.39 is 11.3 Å². The zero-order valence-electron chi connectivity index (χ0n) is 10.4. The number of ether oxygens (including phenoxy) is 1. The summed E-state index contributed by atoms with van der Waals surface area (Å²) in [6.45, 7) is 3.90. The van der Waals surface area contributed by atoms with E-state index >= 15 is 0 Å². The number of nitrogen functional groups attached to an aromatic ring is 1. The number of allylic oxidation sites excluding steroid dienone is 1. The molecule has 1 aliphatic rings. The SMILES string of the molecule is CCO[C@]1(C)C[C@H](n2ccc(N)nc2=O)C=C1F. The number of nitrogens with two attached hydrogens (primary N) is 1. The summed E-state index contributed by atoms with van der Waals surface area (Å²) in [6.07, 6.45) is 3.30. The molecule has 1 aliphatic carbocycles. The minimum Gasteiger partial charge on any atom is -0.383 e. The van der Waals surface area contributed by atoms with Gasteiger partial charge in [-0.2, -0.15) is 4.98 Å². The van der Waals surface area contributed by atoms with Crippen LogP contribution in [0.15, 0.2) is 29.0 Å². The van der Waals surface area contributed by atoms with Crippen molar-refractivity contribution < 1.29 is 9.13 Å². The topological polar surface area (TPSA) is 70.1 Å². The molecule has 0 radical (unpaired) electrons. The van der Waals surface area contributed by atoms with Gasteiger partial charge < -0.3 is 10.5 Å². The Morgan fingerprint density at radius 2 is 2.44 bits per heavy atom. The third-order valence-corrected chi connectivity index (χ3v) is 3.11. The molecule has 2 atom stereocenters. The Kier molecular flexibility index (Phi) is 3.21. The molecule has 2 N–H and O–H groups in total. The van der Waals surface area contributed by atoms with Crippen molar-refractivity contribution >= 4 is 5.82 Å². The third-order valence-electron chi connectivity index (χ3n) is 3.11. The first-order chi connectivity index (χ1) is 8.46. The van der Waals surface area contributed by atoms with Crippen molar-refractivity contribution in [3.8, 4) is 0 Å². The van der Waals surface area contributed by atoms with Crippen LogP contribution in [0.1, 0.15) is 26.3 Å². The van der Waals surface area contributed by atoms with Gasteiger partial charge in [-0.1, -0.05) is 0 Å². The van der Waals surface area contributed by atoms with Crippen molar-refractivity contribution in [1.82, 2.24) is 9.55 Å². The number of halogens is 1. The zero-order chi connectivity index (χ0) is 13.3. The molecule has 0 unspecified atom stereocenters. The fourth-order valence-electron chi connectivity index (χ4n) is 2.20. The van der Waals surface area contributed by atoms with E-state index in [0.29, 0.717) is 13.0 Å². The maximum Gasteiger partial charge on any atom is 0.350 e. The molecule has 0 aliphatic heterocycles. The summed E-state index contributed by atoms with van der Waals surface area (Å²) in [7, 11) is 0. The molecule has 2 rings (SSSR count). The van der Waals surface area contributed by atoms with E-state index in [1.165, 1.54) is 22.9 Å². The average molecular weight is 253 g/mol. The van der Waals surface area contributed by atoms with Crippen LogP contribution in [0.3, 0.4) is 0 Å². The molecule has 6 heteroatoms. The normalized spacial score (nSPS) is 27.3. The maximum atomic E-state index is 13.9.